The Morgan fingerprint density at radius 3 is 2.64 bits per heavy atom. The standard InChI is InChI=1S/C20H21N3O5/c1-3-27-19(25)13-28-18-10-5-4-7-16(18)12-21-23-20(26)15-8-6-9-17(11-15)22-14(2)24/h4-12H,3,13H2,1-2H3,(H,22,24)(H,23,26). The molecule has 0 aliphatic carbocycles. The fraction of sp³-hybridized carbons (Fsp3) is 0.200. The molecule has 0 aliphatic rings. The minimum Gasteiger partial charge on any atom is -0.481 e. The van der Waals surface area contributed by atoms with Gasteiger partial charge in [0.25, 0.3) is 5.91 Å². The molecule has 0 radical (unpaired) electrons. The number of para-hydroxylation sites is 1. The number of amides is 2. The van der Waals surface area contributed by atoms with Crippen molar-refractivity contribution >= 4 is 29.7 Å². The van der Waals surface area contributed by atoms with E-state index in [1.54, 1.807) is 55.5 Å². The van der Waals surface area contributed by atoms with Crippen LogP contribution in [0, 0.1) is 0 Å². The van der Waals surface area contributed by atoms with Gasteiger partial charge in [0.1, 0.15) is 5.75 Å². The number of hydrazone groups is 1. The number of carbonyl (C=O) groups is 3. The second kappa shape index (κ2) is 10.5. The first-order valence-electron chi connectivity index (χ1n) is 8.58. The lowest BCUT2D eigenvalue weighted by atomic mass is 10.2. The molecule has 2 amide bonds. The predicted octanol–water partition coefficient (Wildman–Crippen LogP) is 2.35. The van der Waals surface area contributed by atoms with E-state index in [1.165, 1.54) is 13.1 Å². The Hall–Kier alpha value is -3.68. The van der Waals surface area contributed by atoms with Crippen LogP contribution in [0.4, 0.5) is 5.69 Å². The van der Waals surface area contributed by atoms with E-state index in [-0.39, 0.29) is 19.1 Å². The molecule has 0 bridgehead atoms. The fourth-order valence-electron chi connectivity index (χ4n) is 2.22. The number of rotatable bonds is 8. The molecule has 0 heterocycles. The summed E-state index contributed by atoms with van der Waals surface area (Å²) in [6.07, 6.45) is 1.41. The molecule has 2 N–H and O–H groups in total. The predicted molar refractivity (Wildman–Crippen MR) is 104 cm³/mol. The Bertz CT molecular complexity index is 880. The van der Waals surface area contributed by atoms with E-state index in [9.17, 15) is 14.4 Å². The average molecular weight is 383 g/mol. The van der Waals surface area contributed by atoms with Crippen molar-refractivity contribution in [2.24, 2.45) is 5.10 Å². The third-order valence-electron chi connectivity index (χ3n) is 3.38. The van der Waals surface area contributed by atoms with Crippen molar-refractivity contribution in [1.82, 2.24) is 5.43 Å². The highest BCUT2D eigenvalue weighted by molar-refractivity contribution is 5.97. The zero-order valence-electron chi connectivity index (χ0n) is 15.6. The van der Waals surface area contributed by atoms with Gasteiger partial charge in [0, 0.05) is 23.7 Å². The van der Waals surface area contributed by atoms with Crippen LogP contribution < -0.4 is 15.5 Å². The van der Waals surface area contributed by atoms with Crippen LogP contribution >= 0.6 is 0 Å². The molecule has 2 rings (SSSR count). The number of carbonyl (C=O) groups excluding carboxylic acids is 3. The maximum atomic E-state index is 12.2. The van der Waals surface area contributed by atoms with E-state index < -0.39 is 11.9 Å². The van der Waals surface area contributed by atoms with Gasteiger partial charge in [0.15, 0.2) is 6.61 Å². The number of esters is 1. The largest absolute Gasteiger partial charge is 0.481 e. The van der Waals surface area contributed by atoms with Crippen molar-refractivity contribution < 1.29 is 23.9 Å². The number of ether oxygens (including phenoxy) is 2. The first kappa shape index (κ1) is 20.6. The molecule has 28 heavy (non-hydrogen) atoms. The van der Waals surface area contributed by atoms with Gasteiger partial charge in [-0.2, -0.15) is 5.10 Å². The summed E-state index contributed by atoms with van der Waals surface area (Å²) in [6.45, 7) is 3.16. The van der Waals surface area contributed by atoms with Crippen LogP contribution in [-0.4, -0.2) is 37.2 Å². The molecule has 0 spiro atoms. The number of nitrogens with one attached hydrogen (secondary N) is 2. The maximum Gasteiger partial charge on any atom is 0.344 e. The smallest absolute Gasteiger partial charge is 0.344 e. The molecule has 0 unspecified atom stereocenters. The van der Waals surface area contributed by atoms with E-state index >= 15 is 0 Å². The molecule has 146 valence electrons. The van der Waals surface area contributed by atoms with Crippen LogP contribution in [0.5, 0.6) is 5.75 Å². The van der Waals surface area contributed by atoms with Crippen LogP contribution in [0.3, 0.4) is 0 Å². The monoisotopic (exact) mass is 383 g/mol. The van der Waals surface area contributed by atoms with Gasteiger partial charge in [-0.3, -0.25) is 9.59 Å². The summed E-state index contributed by atoms with van der Waals surface area (Å²) in [5.41, 5.74) is 3.85. The van der Waals surface area contributed by atoms with Gasteiger partial charge >= 0.3 is 5.97 Å². The van der Waals surface area contributed by atoms with Gasteiger partial charge in [-0.25, -0.2) is 10.2 Å². The molecule has 0 fully saturated rings. The number of benzene rings is 2. The summed E-state index contributed by atoms with van der Waals surface area (Å²) < 4.78 is 10.2. The van der Waals surface area contributed by atoms with Crippen molar-refractivity contribution in [3.8, 4) is 5.75 Å². The van der Waals surface area contributed by atoms with E-state index in [2.05, 4.69) is 15.8 Å². The van der Waals surface area contributed by atoms with Crippen molar-refractivity contribution in [3.63, 3.8) is 0 Å². The van der Waals surface area contributed by atoms with Crippen molar-refractivity contribution in [2.75, 3.05) is 18.5 Å². The van der Waals surface area contributed by atoms with Gasteiger partial charge in [0.2, 0.25) is 5.91 Å². The lowest BCUT2D eigenvalue weighted by Crippen LogP contribution is -2.18. The molecule has 0 atom stereocenters. The molecule has 0 saturated carbocycles. The quantitative estimate of drug-likeness (QED) is 0.413. The molecule has 8 nitrogen and oxygen atoms in total. The average Bonchev–Trinajstić information content (AvgIpc) is 2.67. The van der Waals surface area contributed by atoms with Crippen LogP contribution in [0.2, 0.25) is 0 Å². The summed E-state index contributed by atoms with van der Waals surface area (Å²) in [5, 5.41) is 6.53. The minimum atomic E-state index is -0.471. The number of hydrogen-bond acceptors (Lipinski definition) is 6. The highest BCUT2D eigenvalue weighted by Gasteiger charge is 2.08. The number of nitrogens with zero attached hydrogens (tertiary/aromatic N) is 1. The minimum absolute atomic E-state index is 0.221. The lowest BCUT2D eigenvalue weighted by molar-refractivity contribution is -0.145. The Morgan fingerprint density at radius 1 is 1.11 bits per heavy atom. The zero-order valence-corrected chi connectivity index (χ0v) is 15.6. The van der Waals surface area contributed by atoms with Gasteiger partial charge in [0.05, 0.1) is 12.8 Å². The van der Waals surface area contributed by atoms with Crippen molar-refractivity contribution in [1.29, 1.82) is 0 Å². The molecular formula is C20H21N3O5. The van der Waals surface area contributed by atoms with E-state index in [1.807, 2.05) is 0 Å². The van der Waals surface area contributed by atoms with Gasteiger partial charge < -0.3 is 14.8 Å². The summed E-state index contributed by atoms with van der Waals surface area (Å²) in [6, 6.07) is 13.4. The highest BCUT2D eigenvalue weighted by Crippen LogP contribution is 2.16. The third-order valence-corrected chi connectivity index (χ3v) is 3.38. The van der Waals surface area contributed by atoms with Gasteiger partial charge in [-0.05, 0) is 37.3 Å². The summed E-state index contributed by atoms with van der Waals surface area (Å²) >= 11 is 0. The summed E-state index contributed by atoms with van der Waals surface area (Å²) in [5.74, 6) is -0.703. The Labute approximate surface area is 162 Å². The number of anilines is 1. The Morgan fingerprint density at radius 2 is 1.89 bits per heavy atom. The van der Waals surface area contributed by atoms with Crippen molar-refractivity contribution in [3.05, 3.63) is 59.7 Å². The van der Waals surface area contributed by atoms with Gasteiger partial charge in [-0.15, -0.1) is 0 Å². The topological polar surface area (TPSA) is 106 Å². The molecule has 2 aromatic carbocycles. The van der Waals surface area contributed by atoms with Crippen LogP contribution in [-0.2, 0) is 14.3 Å². The normalized spacial score (nSPS) is 10.4. The summed E-state index contributed by atoms with van der Waals surface area (Å²) in [4.78, 5) is 34.7. The lowest BCUT2D eigenvalue weighted by Gasteiger charge is -2.08. The van der Waals surface area contributed by atoms with E-state index in [4.69, 9.17) is 9.47 Å². The Kier molecular flexibility index (Phi) is 7.71. The molecule has 0 aliphatic heterocycles. The van der Waals surface area contributed by atoms with E-state index in [0.29, 0.717) is 22.6 Å². The van der Waals surface area contributed by atoms with Crippen LogP contribution in [0.25, 0.3) is 0 Å². The summed E-state index contributed by atoms with van der Waals surface area (Å²) in [7, 11) is 0. The van der Waals surface area contributed by atoms with E-state index in [0.717, 1.165) is 0 Å². The van der Waals surface area contributed by atoms with Crippen molar-refractivity contribution in [2.45, 2.75) is 13.8 Å². The second-order valence-electron chi connectivity index (χ2n) is 5.59. The first-order chi connectivity index (χ1) is 13.5. The maximum absolute atomic E-state index is 12.2. The first-order valence-corrected chi connectivity index (χ1v) is 8.58. The molecule has 8 heteroatoms. The zero-order chi connectivity index (χ0) is 20.4. The SMILES string of the molecule is CCOC(=O)COc1ccccc1C=NNC(=O)c1cccc(NC(C)=O)c1. The van der Waals surface area contributed by atoms with Gasteiger partial charge in [-0.1, -0.05) is 18.2 Å². The fourth-order valence-corrected chi connectivity index (χ4v) is 2.22. The molecule has 0 saturated heterocycles. The second-order valence-corrected chi connectivity index (χ2v) is 5.59. The van der Waals surface area contributed by atoms with Crippen LogP contribution in [0.1, 0.15) is 29.8 Å². The molecular weight excluding hydrogens is 362 g/mol. The third kappa shape index (κ3) is 6.56. The molecule has 2 aromatic rings. The highest BCUT2D eigenvalue weighted by atomic mass is 16.6. The van der Waals surface area contributed by atoms with Crippen LogP contribution in [0.15, 0.2) is 53.6 Å². The Balaban J connectivity index is 2.00. The molecule has 0 aromatic heterocycles. The number of hydrogen-bond donors (Lipinski definition) is 2.